The van der Waals surface area contributed by atoms with Crippen molar-refractivity contribution in [1.29, 1.82) is 0 Å². The summed E-state index contributed by atoms with van der Waals surface area (Å²) in [5.41, 5.74) is 2.20. The van der Waals surface area contributed by atoms with Gasteiger partial charge in [0, 0.05) is 5.46 Å². The van der Waals surface area contributed by atoms with Crippen molar-refractivity contribution < 1.29 is 24.3 Å². The standard InChI is InChI=1S/C21H21BO5/c1-25-20-18(22(23)24)12-13-19(26-14-16-8-4-2-5-9-16)21(20)27-15-17-10-6-3-7-11-17/h2-13,23-24H,14-15H2,1H3. The van der Waals surface area contributed by atoms with Gasteiger partial charge < -0.3 is 24.3 Å². The Morgan fingerprint density at radius 1 is 0.704 bits per heavy atom. The molecule has 138 valence electrons. The van der Waals surface area contributed by atoms with Gasteiger partial charge in [0.2, 0.25) is 5.75 Å². The van der Waals surface area contributed by atoms with Crippen molar-refractivity contribution in [3.63, 3.8) is 0 Å². The molecule has 0 heterocycles. The van der Waals surface area contributed by atoms with Gasteiger partial charge in [-0.05, 0) is 17.2 Å². The summed E-state index contributed by atoms with van der Waals surface area (Å²) in [5.74, 6) is 1.05. The number of hydrogen-bond donors (Lipinski definition) is 2. The minimum Gasteiger partial charge on any atom is -0.493 e. The Hall–Kier alpha value is -2.96. The summed E-state index contributed by atoms with van der Waals surface area (Å²) in [6, 6.07) is 22.6. The molecule has 3 aromatic rings. The van der Waals surface area contributed by atoms with Gasteiger partial charge in [0.1, 0.15) is 13.2 Å². The van der Waals surface area contributed by atoms with E-state index in [9.17, 15) is 10.0 Å². The molecule has 6 heteroatoms. The third-order valence-electron chi connectivity index (χ3n) is 4.05. The Labute approximate surface area is 158 Å². The minimum atomic E-state index is -1.68. The highest BCUT2D eigenvalue weighted by Crippen LogP contribution is 2.37. The predicted octanol–water partition coefficient (Wildman–Crippen LogP) is 2.53. The second-order valence-corrected chi connectivity index (χ2v) is 5.94. The Bertz CT molecular complexity index is 853. The molecule has 5 nitrogen and oxygen atoms in total. The molecule has 2 N–H and O–H groups in total. The molecule has 0 aliphatic carbocycles. The predicted molar refractivity (Wildman–Crippen MR) is 104 cm³/mol. The molecular formula is C21H21BO5. The number of ether oxygens (including phenoxy) is 3. The van der Waals surface area contributed by atoms with Crippen LogP contribution in [0, 0.1) is 0 Å². The van der Waals surface area contributed by atoms with Crippen LogP contribution in [0.1, 0.15) is 11.1 Å². The van der Waals surface area contributed by atoms with Gasteiger partial charge in [0.05, 0.1) is 7.11 Å². The van der Waals surface area contributed by atoms with Crippen LogP contribution in [0.3, 0.4) is 0 Å². The van der Waals surface area contributed by atoms with E-state index in [2.05, 4.69) is 0 Å². The topological polar surface area (TPSA) is 68.2 Å². The first kappa shape index (κ1) is 18.8. The lowest BCUT2D eigenvalue weighted by atomic mass is 9.79. The van der Waals surface area contributed by atoms with Crippen molar-refractivity contribution in [2.75, 3.05) is 7.11 Å². The molecule has 3 aromatic carbocycles. The summed E-state index contributed by atoms with van der Waals surface area (Å²) in [7, 11) is -0.223. The highest BCUT2D eigenvalue weighted by Gasteiger charge is 2.24. The summed E-state index contributed by atoms with van der Waals surface area (Å²) in [4.78, 5) is 0. The second kappa shape index (κ2) is 9.12. The molecule has 0 bridgehead atoms. The normalized spacial score (nSPS) is 10.3. The smallest absolute Gasteiger partial charge is 0.492 e. The SMILES string of the molecule is COc1c(B(O)O)ccc(OCc2ccccc2)c1OCc1ccccc1. The lowest BCUT2D eigenvalue weighted by Crippen LogP contribution is -2.31. The van der Waals surface area contributed by atoms with Gasteiger partial charge in [-0.1, -0.05) is 66.7 Å². The van der Waals surface area contributed by atoms with Crippen LogP contribution in [0.2, 0.25) is 0 Å². The Morgan fingerprint density at radius 3 is 1.78 bits per heavy atom. The largest absolute Gasteiger partial charge is 0.493 e. The molecule has 0 aliphatic heterocycles. The fourth-order valence-corrected chi connectivity index (χ4v) is 2.69. The number of benzene rings is 3. The highest BCUT2D eigenvalue weighted by atomic mass is 16.5. The molecule has 27 heavy (non-hydrogen) atoms. The van der Waals surface area contributed by atoms with Gasteiger partial charge in [-0.3, -0.25) is 0 Å². The molecule has 0 saturated carbocycles. The second-order valence-electron chi connectivity index (χ2n) is 5.94. The lowest BCUT2D eigenvalue weighted by Gasteiger charge is -2.18. The summed E-state index contributed by atoms with van der Waals surface area (Å²) in [5, 5.41) is 19.2. The van der Waals surface area contributed by atoms with Crippen molar-refractivity contribution >= 4 is 12.6 Å². The first-order valence-corrected chi connectivity index (χ1v) is 8.59. The van der Waals surface area contributed by atoms with Crippen LogP contribution in [-0.2, 0) is 13.2 Å². The molecule has 0 spiro atoms. The van der Waals surface area contributed by atoms with Crippen LogP contribution in [-0.4, -0.2) is 24.3 Å². The monoisotopic (exact) mass is 364 g/mol. The minimum absolute atomic E-state index is 0.215. The average molecular weight is 364 g/mol. The van der Waals surface area contributed by atoms with Crippen molar-refractivity contribution in [1.82, 2.24) is 0 Å². The third kappa shape index (κ3) is 4.81. The Balaban J connectivity index is 1.88. The first-order chi connectivity index (χ1) is 13.2. The van der Waals surface area contributed by atoms with Crippen LogP contribution in [0.15, 0.2) is 72.8 Å². The van der Waals surface area contributed by atoms with Crippen LogP contribution >= 0.6 is 0 Å². The van der Waals surface area contributed by atoms with Crippen molar-refractivity contribution in [2.24, 2.45) is 0 Å². The summed E-state index contributed by atoms with van der Waals surface area (Å²) >= 11 is 0. The van der Waals surface area contributed by atoms with Crippen molar-refractivity contribution in [3.05, 3.63) is 83.9 Å². The molecule has 0 amide bonds. The summed E-state index contributed by atoms with van der Waals surface area (Å²) in [6.07, 6.45) is 0. The van der Waals surface area contributed by atoms with E-state index in [4.69, 9.17) is 14.2 Å². The molecule has 0 radical (unpaired) electrons. The molecule has 0 unspecified atom stereocenters. The van der Waals surface area contributed by atoms with Gasteiger partial charge >= 0.3 is 7.12 Å². The van der Waals surface area contributed by atoms with Gasteiger partial charge in [-0.25, -0.2) is 0 Å². The maximum Gasteiger partial charge on any atom is 0.492 e. The average Bonchev–Trinajstić information content (AvgIpc) is 2.71. The van der Waals surface area contributed by atoms with Crippen LogP contribution in [0.4, 0.5) is 0 Å². The molecule has 0 atom stereocenters. The third-order valence-corrected chi connectivity index (χ3v) is 4.05. The maximum atomic E-state index is 9.62. The lowest BCUT2D eigenvalue weighted by molar-refractivity contribution is 0.244. The van der Waals surface area contributed by atoms with E-state index in [1.807, 2.05) is 60.7 Å². The molecule has 0 saturated heterocycles. The molecular weight excluding hydrogens is 343 g/mol. The zero-order valence-electron chi connectivity index (χ0n) is 15.0. The van der Waals surface area contributed by atoms with E-state index in [1.165, 1.54) is 7.11 Å². The Morgan fingerprint density at radius 2 is 1.26 bits per heavy atom. The summed E-state index contributed by atoms with van der Waals surface area (Å²) < 4.78 is 17.3. The van der Waals surface area contributed by atoms with Gasteiger partial charge in [-0.15, -0.1) is 0 Å². The summed E-state index contributed by atoms with van der Waals surface area (Å²) in [6.45, 7) is 0.649. The van der Waals surface area contributed by atoms with Crippen LogP contribution in [0.5, 0.6) is 17.2 Å². The van der Waals surface area contributed by atoms with E-state index in [0.717, 1.165) is 11.1 Å². The van der Waals surface area contributed by atoms with E-state index in [1.54, 1.807) is 12.1 Å². The fourth-order valence-electron chi connectivity index (χ4n) is 2.69. The zero-order valence-corrected chi connectivity index (χ0v) is 15.0. The molecule has 3 rings (SSSR count). The highest BCUT2D eigenvalue weighted by molar-refractivity contribution is 6.59. The molecule has 0 fully saturated rings. The van der Waals surface area contributed by atoms with E-state index in [-0.39, 0.29) is 11.2 Å². The quantitative estimate of drug-likeness (QED) is 0.602. The number of hydrogen-bond acceptors (Lipinski definition) is 5. The van der Waals surface area contributed by atoms with Crippen molar-refractivity contribution in [3.8, 4) is 17.2 Å². The molecule has 0 aliphatic rings. The van der Waals surface area contributed by atoms with Crippen LogP contribution < -0.4 is 19.7 Å². The number of rotatable bonds is 8. The van der Waals surface area contributed by atoms with Crippen molar-refractivity contribution in [2.45, 2.75) is 13.2 Å². The maximum absolute atomic E-state index is 9.62. The van der Waals surface area contributed by atoms with E-state index >= 15 is 0 Å². The Kier molecular flexibility index (Phi) is 6.36. The van der Waals surface area contributed by atoms with Crippen LogP contribution in [0.25, 0.3) is 0 Å². The fraction of sp³-hybridized carbons (Fsp3) is 0.143. The first-order valence-electron chi connectivity index (χ1n) is 8.59. The van der Waals surface area contributed by atoms with Gasteiger partial charge in [0.25, 0.3) is 0 Å². The van der Waals surface area contributed by atoms with Gasteiger partial charge in [0.15, 0.2) is 11.5 Å². The van der Waals surface area contributed by atoms with E-state index in [0.29, 0.717) is 24.7 Å². The zero-order chi connectivity index (χ0) is 19.1. The van der Waals surface area contributed by atoms with Gasteiger partial charge in [-0.2, -0.15) is 0 Å². The van der Waals surface area contributed by atoms with E-state index < -0.39 is 7.12 Å². The molecule has 0 aromatic heterocycles. The number of methoxy groups -OCH3 is 1.